The highest BCUT2D eigenvalue weighted by atomic mass is 35.5. The lowest BCUT2D eigenvalue weighted by Crippen LogP contribution is -2.36. The molecule has 2 aromatic rings. The molecule has 1 aromatic carbocycles. The quantitative estimate of drug-likeness (QED) is 0.782. The van der Waals surface area contributed by atoms with Crippen LogP contribution in [0.3, 0.4) is 0 Å². The minimum Gasteiger partial charge on any atom is -0.496 e. The highest BCUT2D eigenvalue weighted by Crippen LogP contribution is 2.35. The number of amides is 1. The van der Waals surface area contributed by atoms with Crippen molar-refractivity contribution in [1.29, 1.82) is 0 Å². The van der Waals surface area contributed by atoms with Crippen LogP contribution in [0.5, 0.6) is 5.75 Å². The number of benzene rings is 1. The van der Waals surface area contributed by atoms with E-state index in [-0.39, 0.29) is 12.1 Å². The largest absolute Gasteiger partial charge is 0.496 e. The van der Waals surface area contributed by atoms with Gasteiger partial charge in [-0.3, -0.25) is 4.90 Å². The summed E-state index contributed by atoms with van der Waals surface area (Å²) in [5.74, 6) is 1.35. The molecule has 1 fully saturated rings. The molecule has 3 rings (SSSR count). The number of aromatic nitrogens is 2. The van der Waals surface area contributed by atoms with Gasteiger partial charge in [-0.05, 0) is 51.8 Å². The van der Waals surface area contributed by atoms with Gasteiger partial charge >= 0.3 is 6.09 Å². The molecule has 0 saturated carbocycles. The summed E-state index contributed by atoms with van der Waals surface area (Å²) in [7, 11) is 1.56. The minimum atomic E-state index is -0.557. The summed E-state index contributed by atoms with van der Waals surface area (Å²) in [4.78, 5) is 18.6. The lowest BCUT2D eigenvalue weighted by atomic mass is 10.2. The molecule has 1 aliphatic rings. The van der Waals surface area contributed by atoms with Gasteiger partial charge in [0.2, 0.25) is 11.7 Å². The molecule has 0 N–H and O–H groups in total. The first kappa shape index (κ1) is 18.5. The average molecular weight is 380 g/mol. The van der Waals surface area contributed by atoms with Crippen LogP contribution in [0.2, 0.25) is 5.02 Å². The number of ether oxygens (including phenoxy) is 2. The summed E-state index contributed by atoms with van der Waals surface area (Å²) in [6.45, 7) is 6.11. The van der Waals surface area contributed by atoms with Crippen LogP contribution >= 0.6 is 11.6 Å². The number of halogens is 1. The zero-order valence-corrected chi connectivity index (χ0v) is 16.0. The van der Waals surface area contributed by atoms with Crippen molar-refractivity contribution in [3.8, 4) is 17.1 Å². The fraction of sp³-hybridized carbons (Fsp3) is 0.500. The molecule has 1 atom stereocenters. The zero-order chi connectivity index (χ0) is 18.9. The second kappa shape index (κ2) is 7.15. The average Bonchev–Trinajstić information content (AvgIpc) is 3.22. The second-order valence-electron chi connectivity index (χ2n) is 7.13. The Labute approximate surface area is 157 Å². The molecule has 2 heterocycles. The monoisotopic (exact) mass is 379 g/mol. The maximum Gasteiger partial charge on any atom is 0.410 e. The van der Waals surface area contributed by atoms with Gasteiger partial charge in [0, 0.05) is 11.6 Å². The fourth-order valence-electron chi connectivity index (χ4n) is 2.90. The van der Waals surface area contributed by atoms with E-state index in [0.717, 1.165) is 12.8 Å². The lowest BCUT2D eigenvalue weighted by molar-refractivity contribution is 0.0199. The van der Waals surface area contributed by atoms with Crippen LogP contribution in [0.4, 0.5) is 4.79 Å². The summed E-state index contributed by atoms with van der Waals surface area (Å²) in [6, 6.07) is 4.90. The predicted molar refractivity (Wildman–Crippen MR) is 96.2 cm³/mol. The summed E-state index contributed by atoms with van der Waals surface area (Å²) >= 11 is 6.07. The van der Waals surface area contributed by atoms with Gasteiger partial charge in [0.15, 0.2) is 0 Å². The van der Waals surface area contributed by atoms with Crippen LogP contribution in [-0.4, -0.2) is 40.4 Å². The van der Waals surface area contributed by atoms with Crippen LogP contribution in [0, 0.1) is 0 Å². The molecule has 26 heavy (non-hydrogen) atoms. The maximum atomic E-state index is 12.4. The summed E-state index contributed by atoms with van der Waals surface area (Å²) < 4.78 is 16.3. The summed E-state index contributed by atoms with van der Waals surface area (Å²) in [5, 5.41) is 4.59. The molecule has 8 heteroatoms. The van der Waals surface area contributed by atoms with Crippen LogP contribution in [0.1, 0.15) is 45.5 Å². The van der Waals surface area contributed by atoms with Gasteiger partial charge in [0.1, 0.15) is 17.4 Å². The Kier molecular flexibility index (Phi) is 5.09. The van der Waals surface area contributed by atoms with Gasteiger partial charge in [-0.1, -0.05) is 16.8 Å². The summed E-state index contributed by atoms with van der Waals surface area (Å²) in [6.07, 6.45) is 1.22. The van der Waals surface area contributed by atoms with Crippen molar-refractivity contribution in [2.45, 2.75) is 45.3 Å². The van der Waals surface area contributed by atoms with Crippen molar-refractivity contribution in [2.24, 2.45) is 0 Å². The molecule has 7 nitrogen and oxygen atoms in total. The first-order valence-electron chi connectivity index (χ1n) is 8.45. The second-order valence-corrected chi connectivity index (χ2v) is 7.57. The Morgan fingerprint density at radius 1 is 1.38 bits per heavy atom. The first-order valence-corrected chi connectivity index (χ1v) is 8.83. The topological polar surface area (TPSA) is 77.7 Å². The van der Waals surface area contributed by atoms with Crippen molar-refractivity contribution < 1.29 is 18.8 Å². The summed E-state index contributed by atoms with van der Waals surface area (Å²) in [5.41, 5.74) is 0.0788. The van der Waals surface area contributed by atoms with E-state index in [0.29, 0.717) is 34.6 Å². The third kappa shape index (κ3) is 3.93. The third-order valence-corrected chi connectivity index (χ3v) is 4.25. The van der Waals surface area contributed by atoms with E-state index in [9.17, 15) is 4.79 Å². The van der Waals surface area contributed by atoms with E-state index in [1.807, 2.05) is 20.8 Å². The molecule has 0 radical (unpaired) electrons. The van der Waals surface area contributed by atoms with Crippen molar-refractivity contribution in [1.82, 2.24) is 15.0 Å². The molecular weight excluding hydrogens is 358 g/mol. The smallest absolute Gasteiger partial charge is 0.410 e. The minimum absolute atomic E-state index is 0.295. The van der Waals surface area contributed by atoms with Gasteiger partial charge in [0.25, 0.3) is 0 Å². The highest BCUT2D eigenvalue weighted by molar-refractivity contribution is 6.30. The zero-order valence-electron chi connectivity index (χ0n) is 15.3. The van der Waals surface area contributed by atoms with Crippen molar-refractivity contribution in [3.63, 3.8) is 0 Å². The van der Waals surface area contributed by atoms with Gasteiger partial charge < -0.3 is 14.0 Å². The first-order chi connectivity index (χ1) is 12.3. The van der Waals surface area contributed by atoms with Gasteiger partial charge in [-0.25, -0.2) is 4.79 Å². The van der Waals surface area contributed by atoms with Crippen LogP contribution in [0.15, 0.2) is 22.7 Å². The van der Waals surface area contributed by atoms with Crippen LogP contribution in [-0.2, 0) is 4.74 Å². The Bertz CT molecular complexity index is 800. The number of hydrogen-bond donors (Lipinski definition) is 0. The number of rotatable bonds is 3. The molecule has 0 bridgehead atoms. The van der Waals surface area contributed by atoms with E-state index in [4.69, 9.17) is 25.6 Å². The van der Waals surface area contributed by atoms with E-state index in [1.165, 1.54) is 0 Å². The maximum absolute atomic E-state index is 12.4. The molecule has 1 saturated heterocycles. The fourth-order valence-corrected chi connectivity index (χ4v) is 3.07. The number of methoxy groups -OCH3 is 1. The van der Waals surface area contributed by atoms with Crippen LogP contribution in [0.25, 0.3) is 11.4 Å². The molecule has 0 spiro atoms. The highest BCUT2D eigenvalue weighted by Gasteiger charge is 2.36. The number of hydrogen-bond acceptors (Lipinski definition) is 6. The van der Waals surface area contributed by atoms with Crippen LogP contribution < -0.4 is 4.74 Å². The molecule has 1 aromatic heterocycles. The van der Waals surface area contributed by atoms with Gasteiger partial charge in [-0.2, -0.15) is 4.98 Å². The van der Waals surface area contributed by atoms with Gasteiger partial charge in [-0.15, -0.1) is 0 Å². The SMILES string of the molecule is COc1ccc(Cl)cc1-c1noc([C@@H]2CCCN2C(=O)OC(C)(C)C)n1. The van der Waals surface area contributed by atoms with Gasteiger partial charge in [0.05, 0.1) is 12.7 Å². The lowest BCUT2D eigenvalue weighted by Gasteiger charge is -2.26. The number of nitrogens with zero attached hydrogens (tertiary/aromatic N) is 3. The number of carbonyl (C=O) groups is 1. The molecule has 1 aliphatic heterocycles. The molecule has 140 valence electrons. The Balaban J connectivity index is 1.85. The van der Waals surface area contributed by atoms with Crippen molar-refractivity contribution >= 4 is 17.7 Å². The van der Waals surface area contributed by atoms with E-state index < -0.39 is 5.60 Å². The standard InChI is InChI=1S/C18H22ClN3O4/c1-18(2,3)25-17(23)22-9-5-6-13(22)16-20-15(21-26-16)12-10-11(19)7-8-14(12)24-4/h7-8,10,13H,5-6,9H2,1-4H3/t13-/m0/s1. The molecule has 1 amide bonds. The van der Waals surface area contributed by atoms with Crippen molar-refractivity contribution in [3.05, 3.63) is 29.1 Å². The number of likely N-dealkylation sites (tertiary alicyclic amines) is 1. The normalized spacial score (nSPS) is 17.4. The molecular formula is C18H22ClN3O4. The Morgan fingerprint density at radius 3 is 2.85 bits per heavy atom. The Morgan fingerprint density at radius 2 is 2.15 bits per heavy atom. The van der Waals surface area contributed by atoms with E-state index in [2.05, 4.69) is 10.1 Å². The third-order valence-electron chi connectivity index (χ3n) is 4.01. The van der Waals surface area contributed by atoms with E-state index in [1.54, 1.807) is 30.2 Å². The van der Waals surface area contributed by atoms with Crippen molar-refractivity contribution in [2.75, 3.05) is 13.7 Å². The number of carbonyl (C=O) groups excluding carboxylic acids is 1. The molecule has 0 aliphatic carbocycles. The molecule has 0 unspecified atom stereocenters. The van der Waals surface area contributed by atoms with E-state index >= 15 is 0 Å². The predicted octanol–water partition coefficient (Wildman–Crippen LogP) is 4.47. The Hall–Kier alpha value is -2.28.